The number of aliphatic carboxylic acids is 1. The lowest BCUT2D eigenvalue weighted by Crippen LogP contribution is -2.36. The van der Waals surface area contributed by atoms with Gasteiger partial charge in [0, 0.05) is 18.9 Å². The standard InChI is InChI=1S/C11H16N2O2/c1-11(8-12,10(14)15)5-4-9-3-2-6-13-7-9/h2-3,6-7H,4-5,8,12H2,1H3,(H,14,15). The van der Waals surface area contributed by atoms with Crippen LogP contribution in [0, 0.1) is 5.41 Å². The number of aromatic nitrogens is 1. The van der Waals surface area contributed by atoms with Gasteiger partial charge in [0.25, 0.3) is 0 Å². The van der Waals surface area contributed by atoms with Crippen molar-refractivity contribution in [3.63, 3.8) is 0 Å². The van der Waals surface area contributed by atoms with Crippen LogP contribution < -0.4 is 5.73 Å². The van der Waals surface area contributed by atoms with Gasteiger partial charge >= 0.3 is 5.97 Å². The summed E-state index contributed by atoms with van der Waals surface area (Å²) in [6.07, 6.45) is 4.67. The predicted octanol–water partition coefficient (Wildman–Crippen LogP) is 1.06. The van der Waals surface area contributed by atoms with E-state index < -0.39 is 11.4 Å². The lowest BCUT2D eigenvalue weighted by atomic mass is 9.84. The second kappa shape index (κ2) is 4.89. The Labute approximate surface area is 89.1 Å². The van der Waals surface area contributed by atoms with Crippen LogP contribution in [0.3, 0.4) is 0 Å². The molecule has 0 aliphatic heterocycles. The number of nitrogens with zero attached hydrogens (tertiary/aromatic N) is 1. The predicted molar refractivity (Wildman–Crippen MR) is 57.4 cm³/mol. The normalized spacial score (nSPS) is 14.5. The van der Waals surface area contributed by atoms with E-state index in [1.54, 1.807) is 19.3 Å². The van der Waals surface area contributed by atoms with Crippen molar-refractivity contribution in [3.05, 3.63) is 30.1 Å². The molecule has 1 aromatic rings. The molecule has 0 amide bonds. The molecule has 1 atom stereocenters. The average molecular weight is 208 g/mol. The van der Waals surface area contributed by atoms with Gasteiger partial charge in [0.05, 0.1) is 5.41 Å². The van der Waals surface area contributed by atoms with Crippen molar-refractivity contribution in [2.24, 2.45) is 11.1 Å². The second-order valence-electron chi connectivity index (χ2n) is 3.93. The van der Waals surface area contributed by atoms with Crippen molar-refractivity contribution in [2.75, 3.05) is 6.54 Å². The first-order valence-electron chi connectivity index (χ1n) is 4.91. The lowest BCUT2D eigenvalue weighted by molar-refractivity contribution is -0.147. The van der Waals surface area contributed by atoms with Crippen LogP contribution in [0.15, 0.2) is 24.5 Å². The number of rotatable bonds is 5. The van der Waals surface area contributed by atoms with Gasteiger partial charge in [-0.25, -0.2) is 0 Å². The molecule has 0 saturated carbocycles. The fraction of sp³-hybridized carbons (Fsp3) is 0.455. The third-order valence-corrected chi connectivity index (χ3v) is 2.66. The third-order valence-electron chi connectivity index (χ3n) is 2.66. The molecule has 0 spiro atoms. The van der Waals surface area contributed by atoms with Crippen LogP contribution in [0.1, 0.15) is 18.9 Å². The topological polar surface area (TPSA) is 76.2 Å². The van der Waals surface area contributed by atoms with E-state index in [1.807, 2.05) is 12.1 Å². The van der Waals surface area contributed by atoms with Crippen LogP contribution in [0.25, 0.3) is 0 Å². The van der Waals surface area contributed by atoms with E-state index >= 15 is 0 Å². The van der Waals surface area contributed by atoms with Crippen molar-refractivity contribution >= 4 is 5.97 Å². The molecule has 0 bridgehead atoms. The summed E-state index contributed by atoms with van der Waals surface area (Å²) in [5.74, 6) is -0.839. The van der Waals surface area contributed by atoms with Crippen LogP contribution in [0.2, 0.25) is 0 Å². The highest BCUT2D eigenvalue weighted by Crippen LogP contribution is 2.22. The molecule has 1 rings (SSSR count). The first-order chi connectivity index (χ1) is 7.08. The Morgan fingerprint density at radius 1 is 1.67 bits per heavy atom. The number of hydrogen-bond donors (Lipinski definition) is 2. The highest BCUT2D eigenvalue weighted by Gasteiger charge is 2.30. The summed E-state index contributed by atoms with van der Waals surface area (Å²) in [7, 11) is 0. The van der Waals surface area contributed by atoms with E-state index in [2.05, 4.69) is 4.98 Å². The number of carboxylic acid groups (broad SMARTS) is 1. The van der Waals surface area contributed by atoms with Gasteiger partial charge in [-0.2, -0.15) is 0 Å². The Kier molecular flexibility index (Phi) is 3.80. The Hall–Kier alpha value is -1.42. The Balaban J connectivity index is 2.59. The number of nitrogens with two attached hydrogens (primary N) is 1. The zero-order valence-electron chi connectivity index (χ0n) is 8.81. The number of pyridine rings is 1. The van der Waals surface area contributed by atoms with Crippen molar-refractivity contribution < 1.29 is 9.90 Å². The molecule has 0 radical (unpaired) electrons. The molecule has 0 fully saturated rings. The zero-order chi connectivity index (χ0) is 11.3. The maximum absolute atomic E-state index is 11.0. The fourth-order valence-corrected chi connectivity index (χ4v) is 1.26. The van der Waals surface area contributed by atoms with E-state index in [0.29, 0.717) is 12.8 Å². The summed E-state index contributed by atoms with van der Waals surface area (Å²) in [6.45, 7) is 1.83. The number of carboxylic acids is 1. The Morgan fingerprint density at radius 3 is 2.87 bits per heavy atom. The third kappa shape index (κ3) is 3.02. The van der Waals surface area contributed by atoms with Crippen molar-refractivity contribution in [3.8, 4) is 0 Å². The van der Waals surface area contributed by atoms with Gasteiger partial charge < -0.3 is 10.8 Å². The largest absolute Gasteiger partial charge is 0.481 e. The first-order valence-corrected chi connectivity index (χ1v) is 4.91. The van der Waals surface area contributed by atoms with Gasteiger partial charge in [-0.15, -0.1) is 0 Å². The quantitative estimate of drug-likeness (QED) is 0.758. The minimum absolute atomic E-state index is 0.155. The molecule has 0 aliphatic carbocycles. The average Bonchev–Trinajstić information content (AvgIpc) is 2.27. The summed E-state index contributed by atoms with van der Waals surface area (Å²) < 4.78 is 0. The second-order valence-corrected chi connectivity index (χ2v) is 3.93. The smallest absolute Gasteiger partial charge is 0.310 e. The molecule has 0 aromatic carbocycles. The fourth-order valence-electron chi connectivity index (χ4n) is 1.26. The molecule has 1 heterocycles. The minimum Gasteiger partial charge on any atom is -0.481 e. The van der Waals surface area contributed by atoms with E-state index in [9.17, 15) is 4.79 Å². The Morgan fingerprint density at radius 2 is 2.40 bits per heavy atom. The number of hydrogen-bond acceptors (Lipinski definition) is 3. The van der Waals surface area contributed by atoms with Gasteiger partial charge in [0.1, 0.15) is 0 Å². The highest BCUT2D eigenvalue weighted by molar-refractivity contribution is 5.74. The summed E-state index contributed by atoms with van der Waals surface area (Å²) >= 11 is 0. The SMILES string of the molecule is CC(CN)(CCc1cccnc1)C(=O)O. The maximum atomic E-state index is 11.0. The van der Waals surface area contributed by atoms with Crippen molar-refractivity contribution in [1.82, 2.24) is 4.98 Å². The molecular formula is C11H16N2O2. The Bertz CT molecular complexity index is 327. The molecule has 15 heavy (non-hydrogen) atoms. The van der Waals surface area contributed by atoms with E-state index in [0.717, 1.165) is 5.56 Å². The van der Waals surface area contributed by atoms with Crippen LogP contribution in [0.5, 0.6) is 0 Å². The van der Waals surface area contributed by atoms with Crippen LogP contribution in [-0.2, 0) is 11.2 Å². The van der Waals surface area contributed by atoms with Crippen LogP contribution in [-0.4, -0.2) is 22.6 Å². The summed E-state index contributed by atoms with van der Waals surface area (Å²) in [5.41, 5.74) is 5.68. The maximum Gasteiger partial charge on any atom is 0.310 e. The van der Waals surface area contributed by atoms with Gasteiger partial charge in [-0.1, -0.05) is 6.07 Å². The first kappa shape index (κ1) is 11.7. The van der Waals surface area contributed by atoms with Gasteiger partial charge in [0.2, 0.25) is 0 Å². The van der Waals surface area contributed by atoms with Gasteiger partial charge in [0.15, 0.2) is 0 Å². The van der Waals surface area contributed by atoms with Crippen molar-refractivity contribution in [1.29, 1.82) is 0 Å². The van der Waals surface area contributed by atoms with Crippen LogP contribution >= 0.6 is 0 Å². The molecule has 4 heteroatoms. The molecule has 1 aromatic heterocycles. The monoisotopic (exact) mass is 208 g/mol. The zero-order valence-corrected chi connectivity index (χ0v) is 8.81. The van der Waals surface area contributed by atoms with Crippen LogP contribution in [0.4, 0.5) is 0 Å². The van der Waals surface area contributed by atoms with E-state index in [1.165, 1.54) is 0 Å². The number of aryl methyl sites for hydroxylation is 1. The van der Waals surface area contributed by atoms with E-state index in [4.69, 9.17) is 10.8 Å². The number of carbonyl (C=O) groups is 1. The molecule has 0 aliphatic rings. The molecule has 3 N–H and O–H groups in total. The van der Waals surface area contributed by atoms with Gasteiger partial charge in [-0.3, -0.25) is 9.78 Å². The minimum atomic E-state index is -0.839. The summed E-state index contributed by atoms with van der Waals surface area (Å²) in [6, 6.07) is 3.78. The molecule has 4 nitrogen and oxygen atoms in total. The molecular weight excluding hydrogens is 192 g/mol. The molecule has 1 unspecified atom stereocenters. The van der Waals surface area contributed by atoms with Gasteiger partial charge in [-0.05, 0) is 31.4 Å². The molecule has 0 saturated heterocycles. The lowest BCUT2D eigenvalue weighted by Gasteiger charge is -2.22. The highest BCUT2D eigenvalue weighted by atomic mass is 16.4. The summed E-state index contributed by atoms with van der Waals surface area (Å²) in [4.78, 5) is 15.0. The van der Waals surface area contributed by atoms with E-state index in [-0.39, 0.29) is 6.54 Å². The molecule has 82 valence electrons. The van der Waals surface area contributed by atoms with Crippen molar-refractivity contribution in [2.45, 2.75) is 19.8 Å². The summed E-state index contributed by atoms with van der Waals surface area (Å²) in [5, 5.41) is 9.01.